The normalized spacial score (nSPS) is 29.5. The van der Waals surface area contributed by atoms with Gasteiger partial charge in [0.15, 0.2) is 17.8 Å². The molecule has 1 aliphatic rings. The Balaban J connectivity index is 2.03. The van der Waals surface area contributed by atoms with Crippen LogP contribution < -0.4 is 0 Å². The van der Waals surface area contributed by atoms with E-state index in [9.17, 15) is 35.7 Å². The van der Waals surface area contributed by atoms with Crippen LogP contribution in [0.2, 0.25) is 0 Å². The number of ether oxygens (including phenoxy) is 2. The zero-order valence-corrected chi connectivity index (χ0v) is 13.3. The summed E-state index contributed by atoms with van der Waals surface area (Å²) in [7, 11) is 0. The molecule has 9 heteroatoms. The number of hydrogen-bond donors (Lipinski definition) is 7. The Morgan fingerprint density at radius 2 is 1.76 bits per heavy atom. The van der Waals surface area contributed by atoms with Gasteiger partial charge in [0, 0.05) is 11.5 Å². The van der Waals surface area contributed by atoms with E-state index in [1.54, 1.807) is 0 Å². The van der Waals surface area contributed by atoms with E-state index in [2.05, 4.69) is 6.58 Å². The molecule has 0 aromatic heterocycles. The molecule has 5 atom stereocenters. The molecule has 25 heavy (non-hydrogen) atoms. The minimum Gasteiger partial charge on any atom is -0.504 e. The molecule has 1 saturated heterocycles. The van der Waals surface area contributed by atoms with Crippen molar-refractivity contribution >= 4 is 0 Å². The summed E-state index contributed by atoms with van der Waals surface area (Å²) in [6.45, 7) is 2.97. The molecule has 1 heterocycles. The molecule has 0 aliphatic carbocycles. The van der Waals surface area contributed by atoms with Crippen molar-refractivity contribution in [1.29, 1.82) is 0 Å². The Bertz CT molecular complexity index is 618. The second-order valence-corrected chi connectivity index (χ2v) is 5.74. The highest BCUT2D eigenvalue weighted by Gasteiger charge is 2.43. The van der Waals surface area contributed by atoms with Crippen molar-refractivity contribution in [3.63, 3.8) is 0 Å². The van der Waals surface area contributed by atoms with Gasteiger partial charge in [0.1, 0.15) is 12.2 Å². The summed E-state index contributed by atoms with van der Waals surface area (Å²) in [6.07, 6.45) is -3.08. The van der Waals surface area contributed by atoms with Crippen LogP contribution in [0.3, 0.4) is 0 Å². The van der Waals surface area contributed by atoms with Crippen LogP contribution in [0.15, 0.2) is 18.7 Å². The predicted molar refractivity (Wildman–Crippen MR) is 84.2 cm³/mol. The number of rotatable bonds is 6. The lowest BCUT2D eigenvalue weighted by molar-refractivity contribution is -0.283. The van der Waals surface area contributed by atoms with Crippen molar-refractivity contribution in [2.75, 3.05) is 13.2 Å². The zero-order chi connectivity index (χ0) is 18.7. The molecular weight excluding hydrogens is 336 g/mol. The maximum absolute atomic E-state index is 10.2. The third-order valence-electron chi connectivity index (χ3n) is 4.17. The molecule has 140 valence electrons. The number of aromatic hydroxyl groups is 4. The molecule has 1 aromatic rings. The van der Waals surface area contributed by atoms with Gasteiger partial charge in [0.25, 0.3) is 0 Å². The summed E-state index contributed by atoms with van der Waals surface area (Å²) < 4.78 is 10.7. The van der Waals surface area contributed by atoms with Crippen LogP contribution in [-0.4, -0.2) is 73.6 Å². The van der Waals surface area contributed by atoms with Gasteiger partial charge in [0.05, 0.1) is 19.3 Å². The third-order valence-corrected chi connectivity index (χ3v) is 4.17. The molecule has 2 rings (SSSR count). The summed E-state index contributed by atoms with van der Waals surface area (Å²) in [5, 5.41) is 67.4. The van der Waals surface area contributed by atoms with Crippen LogP contribution in [0, 0.1) is 5.92 Å². The van der Waals surface area contributed by atoms with Gasteiger partial charge in [-0.15, -0.1) is 6.58 Å². The second-order valence-electron chi connectivity index (χ2n) is 5.74. The first-order valence-corrected chi connectivity index (χ1v) is 7.64. The molecule has 0 radical (unpaired) electrons. The van der Waals surface area contributed by atoms with Gasteiger partial charge in [-0.05, 0) is 12.5 Å². The highest BCUT2D eigenvalue weighted by atomic mass is 16.7. The topological polar surface area (TPSA) is 160 Å². The van der Waals surface area contributed by atoms with Crippen LogP contribution in [0.25, 0.3) is 0 Å². The summed E-state index contributed by atoms with van der Waals surface area (Å²) in [4.78, 5) is 0. The van der Waals surface area contributed by atoms with Crippen molar-refractivity contribution in [3.8, 4) is 23.0 Å². The van der Waals surface area contributed by atoms with Gasteiger partial charge >= 0.3 is 0 Å². The zero-order valence-electron chi connectivity index (χ0n) is 13.3. The van der Waals surface area contributed by atoms with Gasteiger partial charge < -0.3 is 45.2 Å². The molecule has 0 spiro atoms. The van der Waals surface area contributed by atoms with E-state index < -0.39 is 60.1 Å². The molecule has 9 nitrogen and oxygen atoms in total. The highest BCUT2D eigenvalue weighted by Crippen LogP contribution is 2.44. The molecule has 1 aromatic carbocycles. The lowest BCUT2D eigenvalue weighted by Gasteiger charge is -2.40. The standard InChI is InChI=1S/C16H22O9/c1-2-8-12(20)10(6-17)25-16(13(8)21)24-4-3-7-5-9(18)14(22)15(23)11(7)19/h2,5,8,10,12-13,16-23H,1,3-4,6H2/t8-,10+,12-,13+,16+/m0/s1. The molecule has 0 unspecified atom stereocenters. The van der Waals surface area contributed by atoms with Gasteiger partial charge in [0.2, 0.25) is 11.5 Å². The van der Waals surface area contributed by atoms with Crippen LogP contribution in [0.4, 0.5) is 0 Å². The Hall–Kier alpha value is -2.04. The summed E-state index contributed by atoms with van der Waals surface area (Å²) >= 11 is 0. The van der Waals surface area contributed by atoms with E-state index in [0.717, 1.165) is 6.07 Å². The predicted octanol–water partition coefficient (Wildman–Crippen LogP) is -0.691. The van der Waals surface area contributed by atoms with Crippen molar-refractivity contribution in [2.45, 2.75) is 31.0 Å². The fraction of sp³-hybridized carbons (Fsp3) is 0.500. The van der Waals surface area contributed by atoms with Gasteiger partial charge in [-0.3, -0.25) is 0 Å². The largest absolute Gasteiger partial charge is 0.504 e. The van der Waals surface area contributed by atoms with Crippen molar-refractivity contribution in [1.82, 2.24) is 0 Å². The SMILES string of the molecule is C=C[C@@H]1[C@@H](O)[C@H](OCCc2cc(O)c(O)c(O)c2O)O[C@H](CO)[C@H]1O. The van der Waals surface area contributed by atoms with E-state index in [-0.39, 0.29) is 18.6 Å². The Labute approximate surface area is 143 Å². The number of phenolic OH excluding ortho intramolecular Hbond substituents is 4. The number of phenols is 4. The van der Waals surface area contributed by atoms with E-state index >= 15 is 0 Å². The fourth-order valence-corrected chi connectivity index (χ4v) is 2.70. The first kappa shape index (κ1) is 19.3. The Morgan fingerprint density at radius 1 is 1.08 bits per heavy atom. The minimum atomic E-state index is -1.22. The molecule has 1 fully saturated rings. The summed E-state index contributed by atoms with van der Waals surface area (Å²) in [5.74, 6) is -3.64. The third kappa shape index (κ3) is 3.80. The molecular formula is C16H22O9. The number of aliphatic hydroxyl groups is 3. The van der Waals surface area contributed by atoms with Crippen LogP contribution in [0.5, 0.6) is 23.0 Å². The average molecular weight is 358 g/mol. The number of aliphatic hydroxyl groups excluding tert-OH is 3. The fourth-order valence-electron chi connectivity index (χ4n) is 2.70. The Kier molecular flexibility index (Phi) is 6.09. The number of benzene rings is 1. The molecule has 0 saturated carbocycles. The highest BCUT2D eigenvalue weighted by molar-refractivity contribution is 5.60. The van der Waals surface area contributed by atoms with Crippen molar-refractivity contribution < 1.29 is 45.2 Å². The molecule has 0 bridgehead atoms. The van der Waals surface area contributed by atoms with E-state index in [1.807, 2.05) is 0 Å². The maximum atomic E-state index is 10.2. The van der Waals surface area contributed by atoms with Crippen molar-refractivity contribution in [3.05, 3.63) is 24.3 Å². The smallest absolute Gasteiger partial charge is 0.204 e. The van der Waals surface area contributed by atoms with Crippen LogP contribution >= 0.6 is 0 Å². The van der Waals surface area contributed by atoms with Crippen molar-refractivity contribution in [2.24, 2.45) is 5.92 Å². The first-order valence-electron chi connectivity index (χ1n) is 7.64. The minimum absolute atomic E-state index is 0.0188. The van der Waals surface area contributed by atoms with Crippen LogP contribution in [-0.2, 0) is 15.9 Å². The average Bonchev–Trinajstić information content (AvgIpc) is 2.59. The van der Waals surface area contributed by atoms with E-state index in [1.165, 1.54) is 6.08 Å². The van der Waals surface area contributed by atoms with E-state index in [4.69, 9.17) is 9.47 Å². The maximum Gasteiger partial charge on any atom is 0.204 e. The summed E-state index contributed by atoms with van der Waals surface area (Å²) in [6, 6.07) is 1.07. The quantitative estimate of drug-likeness (QED) is 0.198. The second kappa shape index (κ2) is 7.89. The van der Waals surface area contributed by atoms with E-state index in [0.29, 0.717) is 0 Å². The lowest BCUT2D eigenvalue weighted by Crippen LogP contribution is -2.55. The molecule has 0 amide bonds. The van der Waals surface area contributed by atoms with Gasteiger partial charge in [-0.25, -0.2) is 0 Å². The van der Waals surface area contributed by atoms with Gasteiger partial charge in [-0.2, -0.15) is 0 Å². The number of hydrogen-bond acceptors (Lipinski definition) is 9. The molecule has 7 N–H and O–H groups in total. The monoisotopic (exact) mass is 358 g/mol. The van der Waals surface area contributed by atoms with Gasteiger partial charge in [-0.1, -0.05) is 6.08 Å². The van der Waals surface area contributed by atoms with Crippen LogP contribution in [0.1, 0.15) is 5.56 Å². The first-order chi connectivity index (χ1) is 11.8. The Morgan fingerprint density at radius 3 is 2.36 bits per heavy atom. The lowest BCUT2D eigenvalue weighted by atomic mass is 9.89. The summed E-state index contributed by atoms with van der Waals surface area (Å²) in [5.41, 5.74) is 0.108. The molecule has 1 aliphatic heterocycles.